The molecule has 2 aromatic rings. The van der Waals surface area contributed by atoms with Crippen molar-refractivity contribution in [2.45, 2.75) is 13.8 Å². The first-order valence-electron chi connectivity index (χ1n) is 6.24. The zero-order chi connectivity index (χ0) is 15.4. The van der Waals surface area contributed by atoms with Gasteiger partial charge in [0.1, 0.15) is 5.82 Å². The lowest BCUT2D eigenvalue weighted by molar-refractivity contribution is -0.115. The van der Waals surface area contributed by atoms with Crippen LogP contribution in [0.15, 0.2) is 36.5 Å². The number of hydrogen-bond donors (Lipinski definition) is 2. The molecule has 0 unspecified atom stereocenters. The maximum atomic E-state index is 12.0. The summed E-state index contributed by atoms with van der Waals surface area (Å²) in [5, 5.41) is 18.0. The summed E-state index contributed by atoms with van der Waals surface area (Å²) in [7, 11) is 0. The van der Waals surface area contributed by atoms with Gasteiger partial charge >= 0.3 is 0 Å². The van der Waals surface area contributed by atoms with E-state index in [1.54, 1.807) is 24.3 Å². The van der Waals surface area contributed by atoms with Crippen molar-refractivity contribution in [2.75, 3.05) is 10.4 Å². The van der Waals surface area contributed by atoms with Gasteiger partial charge in [-0.05, 0) is 36.8 Å². The van der Waals surface area contributed by atoms with Crippen LogP contribution in [0.1, 0.15) is 18.1 Å². The second-order valence-electron chi connectivity index (χ2n) is 4.54. The second-order valence-corrected chi connectivity index (χ2v) is 4.54. The zero-order valence-electron chi connectivity index (χ0n) is 11.7. The van der Waals surface area contributed by atoms with E-state index in [4.69, 9.17) is 10.5 Å². The van der Waals surface area contributed by atoms with E-state index < -0.39 is 0 Å². The molecule has 2 rings (SSSR count). The number of carbonyl (C=O) groups excluding carboxylic acids is 1. The lowest BCUT2D eigenvalue weighted by Crippen LogP contribution is -2.24. The Hall–Kier alpha value is -2.91. The quantitative estimate of drug-likeness (QED) is 0.845. The summed E-state index contributed by atoms with van der Waals surface area (Å²) in [4.78, 5) is 17.5. The van der Waals surface area contributed by atoms with Crippen molar-refractivity contribution >= 4 is 23.1 Å². The van der Waals surface area contributed by atoms with Gasteiger partial charge in [0.2, 0.25) is 5.91 Å². The van der Waals surface area contributed by atoms with Gasteiger partial charge < -0.3 is 0 Å². The van der Waals surface area contributed by atoms with Crippen LogP contribution in [0, 0.1) is 18.3 Å². The van der Waals surface area contributed by atoms with E-state index in [-0.39, 0.29) is 5.91 Å². The number of carbonyl (C=O) groups is 1. The largest absolute Gasteiger partial charge is 0.291 e. The number of nitriles is 1. The predicted octanol–water partition coefficient (Wildman–Crippen LogP) is 2.75. The summed E-state index contributed by atoms with van der Waals surface area (Å²) in [6.45, 7) is 3.26. The third-order valence-electron chi connectivity index (χ3n) is 2.87. The molecule has 0 fully saturated rings. The van der Waals surface area contributed by atoms with Crippen LogP contribution in [0.5, 0.6) is 0 Å². The number of aromatic nitrogens is 1. The molecule has 1 heterocycles. The number of nitrogens with one attached hydrogen (secondary N) is 1. The summed E-state index contributed by atoms with van der Waals surface area (Å²) in [5.41, 5.74) is 4.32. The molecule has 1 aromatic carbocycles. The summed E-state index contributed by atoms with van der Waals surface area (Å²) in [5.74, 6) is 0.114. The highest BCUT2D eigenvalue weighted by atomic mass is 16.5. The van der Waals surface area contributed by atoms with E-state index >= 15 is 0 Å². The highest BCUT2D eigenvalue weighted by Crippen LogP contribution is 2.27. The average molecular weight is 282 g/mol. The molecule has 6 heteroatoms. The number of aryl methyl sites for hydroxylation is 1. The highest BCUT2D eigenvalue weighted by Gasteiger charge is 2.17. The fourth-order valence-electron chi connectivity index (χ4n) is 2.04. The van der Waals surface area contributed by atoms with Gasteiger partial charge in [-0.25, -0.2) is 4.98 Å². The third kappa shape index (κ3) is 3.16. The summed E-state index contributed by atoms with van der Waals surface area (Å²) in [6, 6.07) is 10.3. The molecule has 6 nitrogen and oxygen atoms in total. The minimum Gasteiger partial charge on any atom is -0.291 e. The van der Waals surface area contributed by atoms with Crippen molar-refractivity contribution in [3.05, 3.63) is 47.7 Å². The van der Waals surface area contributed by atoms with Crippen LogP contribution in [-0.2, 0) is 4.79 Å². The molecular weight excluding hydrogens is 268 g/mol. The maximum absolute atomic E-state index is 12.0. The van der Waals surface area contributed by atoms with Crippen LogP contribution in [-0.4, -0.2) is 16.1 Å². The Morgan fingerprint density at radius 1 is 1.38 bits per heavy atom. The smallest absolute Gasteiger partial charge is 0.229 e. The Bertz CT molecular complexity index is 722. The van der Waals surface area contributed by atoms with E-state index in [0.29, 0.717) is 22.8 Å². The lowest BCUT2D eigenvalue weighted by Gasteiger charge is -2.21. The van der Waals surface area contributed by atoms with Crippen LogP contribution in [0.25, 0.3) is 0 Å². The number of nitrogens with zero attached hydrogens (tertiary/aromatic N) is 3. The molecule has 0 radical (unpaired) electrons. The molecule has 0 saturated heterocycles. The average Bonchev–Trinajstić information content (AvgIpc) is 2.46. The number of pyridine rings is 1. The second kappa shape index (κ2) is 6.03. The first-order valence-corrected chi connectivity index (χ1v) is 6.24. The van der Waals surface area contributed by atoms with Gasteiger partial charge in [0.25, 0.3) is 0 Å². The molecule has 106 valence electrons. The van der Waals surface area contributed by atoms with Crippen LogP contribution in [0.2, 0.25) is 0 Å². The molecular formula is C15H14N4O2. The van der Waals surface area contributed by atoms with E-state index in [2.05, 4.69) is 11.1 Å². The van der Waals surface area contributed by atoms with Gasteiger partial charge in [-0.3, -0.25) is 20.4 Å². The van der Waals surface area contributed by atoms with Gasteiger partial charge in [0, 0.05) is 19.2 Å². The van der Waals surface area contributed by atoms with Gasteiger partial charge in [-0.2, -0.15) is 5.26 Å². The SMILES string of the molecule is CC(=O)N(c1cc(C)cc(C#N)c1)c1cc(NO)ccn1. The summed E-state index contributed by atoms with van der Waals surface area (Å²) >= 11 is 0. The number of benzene rings is 1. The normalized spacial score (nSPS) is 9.81. The van der Waals surface area contributed by atoms with Crippen molar-refractivity contribution < 1.29 is 10.0 Å². The fourth-order valence-corrected chi connectivity index (χ4v) is 2.04. The predicted molar refractivity (Wildman–Crippen MR) is 78.4 cm³/mol. The maximum Gasteiger partial charge on any atom is 0.229 e. The van der Waals surface area contributed by atoms with E-state index in [0.717, 1.165) is 5.56 Å². The molecule has 2 N–H and O–H groups in total. The van der Waals surface area contributed by atoms with Crippen molar-refractivity contribution in [1.29, 1.82) is 5.26 Å². The van der Waals surface area contributed by atoms with Crippen LogP contribution in [0.3, 0.4) is 0 Å². The molecule has 1 aromatic heterocycles. The minimum atomic E-state index is -0.243. The number of rotatable bonds is 3. The topological polar surface area (TPSA) is 89.2 Å². The van der Waals surface area contributed by atoms with E-state index in [9.17, 15) is 4.79 Å². The number of amides is 1. The summed E-state index contributed by atoms with van der Waals surface area (Å²) < 4.78 is 0. The monoisotopic (exact) mass is 282 g/mol. The standard InChI is InChI=1S/C15H14N4O2/c1-10-5-12(9-16)7-14(6-10)19(11(2)20)15-8-13(18-21)3-4-17-15/h3-8,21H,1-2H3,(H,17,18). The van der Waals surface area contributed by atoms with Crippen molar-refractivity contribution in [2.24, 2.45) is 0 Å². The fraction of sp³-hybridized carbons (Fsp3) is 0.133. The number of anilines is 3. The molecule has 0 aliphatic carbocycles. The van der Waals surface area contributed by atoms with Crippen LogP contribution >= 0.6 is 0 Å². The lowest BCUT2D eigenvalue weighted by atomic mass is 10.1. The first kappa shape index (κ1) is 14.5. The molecule has 0 aliphatic heterocycles. The number of hydrogen-bond acceptors (Lipinski definition) is 5. The van der Waals surface area contributed by atoms with Crippen molar-refractivity contribution in [1.82, 2.24) is 4.98 Å². The van der Waals surface area contributed by atoms with Gasteiger partial charge in [-0.1, -0.05) is 0 Å². The van der Waals surface area contributed by atoms with Crippen molar-refractivity contribution in [3.8, 4) is 6.07 Å². The molecule has 0 saturated carbocycles. The molecule has 0 atom stereocenters. The zero-order valence-corrected chi connectivity index (χ0v) is 11.7. The Morgan fingerprint density at radius 3 is 2.76 bits per heavy atom. The Kier molecular flexibility index (Phi) is 4.16. The van der Waals surface area contributed by atoms with E-state index in [1.165, 1.54) is 24.1 Å². The molecule has 0 bridgehead atoms. The molecule has 1 amide bonds. The van der Waals surface area contributed by atoms with Crippen LogP contribution in [0.4, 0.5) is 17.2 Å². The Balaban J connectivity index is 2.56. The van der Waals surface area contributed by atoms with Crippen LogP contribution < -0.4 is 10.4 Å². The van der Waals surface area contributed by atoms with Gasteiger partial charge in [-0.15, -0.1) is 0 Å². The first-order chi connectivity index (χ1) is 10.0. The molecule has 21 heavy (non-hydrogen) atoms. The molecule has 0 aliphatic rings. The third-order valence-corrected chi connectivity index (χ3v) is 2.87. The highest BCUT2D eigenvalue weighted by molar-refractivity contribution is 5.98. The van der Waals surface area contributed by atoms with Gasteiger partial charge in [0.15, 0.2) is 0 Å². The minimum absolute atomic E-state index is 0.243. The van der Waals surface area contributed by atoms with Crippen molar-refractivity contribution in [3.63, 3.8) is 0 Å². The Labute approximate surface area is 122 Å². The van der Waals surface area contributed by atoms with E-state index in [1.807, 2.05) is 12.4 Å². The van der Waals surface area contributed by atoms with Gasteiger partial charge in [0.05, 0.1) is 23.0 Å². The molecule has 0 spiro atoms. The Morgan fingerprint density at radius 2 is 2.14 bits per heavy atom. The summed E-state index contributed by atoms with van der Waals surface area (Å²) in [6.07, 6.45) is 1.48.